The van der Waals surface area contributed by atoms with E-state index in [1.807, 2.05) is 0 Å². The van der Waals surface area contributed by atoms with E-state index in [1.54, 1.807) is 0 Å². The van der Waals surface area contributed by atoms with E-state index in [2.05, 4.69) is 0 Å². The summed E-state index contributed by atoms with van der Waals surface area (Å²) < 4.78 is 0. The normalized spacial score (nSPS) is 0. The summed E-state index contributed by atoms with van der Waals surface area (Å²) in [7, 11) is 0. The standard InChI is InChI=1S/5HI.Na/h5*1H;/q;;;;;+1/p-5. The van der Waals surface area contributed by atoms with Gasteiger partial charge in [0.05, 0.1) is 0 Å². The third kappa shape index (κ3) is 23.4. The summed E-state index contributed by atoms with van der Waals surface area (Å²) >= 11 is 0. The predicted molar refractivity (Wildman–Crippen MR) is 0 cm³/mol. The molecule has 0 aromatic rings. The van der Waals surface area contributed by atoms with E-state index in [-0.39, 0.29) is 149 Å². The molecule has 6 heavy (non-hydrogen) atoms. The fourth-order valence-electron chi connectivity index (χ4n) is 0. The van der Waals surface area contributed by atoms with E-state index in [4.69, 9.17) is 0 Å². The Morgan fingerprint density at radius 2 is 0.333 bits per heavy atom. The summed E-state index contributed by atoms with van der Waals surface area (Å²) in [6.45, 7) is 0. The Labute approximate surface area is 146 Å². The van der Waals surface area contributed by atoms with E-state index < -0.39 is 0 Å². The topological polar surface area (TPSA) is 0 Å². The molecule has 0 aliphatic carbocycles. The minimum absolute atomic E-state index is 0. The summed E-state index contributed by atoms with van der Waals surface area (Å²) in [4.78, 5) is 0. The van der Waals surface area contributed by atoms with Gasteiger partial charge in [-0.15, -0.1) is 0 Å². The second-order valence-electron chi connectivity index (χ2n) is 0. The molecule has 0 aliphatic rings. The van der Waals surface area contributed by atoms with Gasteiger partial charge < -0.3 is 120 Å². The molecule has 0 spiro atoms. The first kappa shape index (κ1) is 45.9. The number of halogens is 5. The molecule has 0 nitrogen and oxygen atoms in total. The minimum atomic E-state index is 0. The first-order valence-electron chi connectivity index (χ1n) is 0. The van der Waals surface area contributed by atoms with Crippen molar-refractivity contribution in [3.05, 3.63) is 0 Å². The summed E-state index contributed by atoms with van der Waals surface area (Å²) in [6.07, 6.45) is 0. The van der Waals surface area contributed by atoms with Gasteiger partial charge >= 0.3 is 29.6 Å². The molecule has 0 atom stereocenters. The maximum Gasteiger partial charge on any atom is 1.00 e. The van der Waals surface area contributed by atoms with Gasteiger partial charge in [-0.3, -0.25) is 0 Å². The fourth-order valence-corrected chi connectivity index (χ4v) is 0. The third-order valence-corrected chi connectivity index (χ3v) is 0. The summed E-state index contributed by atoms with van der Waals surface area (Å²) in [5, 5.41) is 0. The van der Waals surface area contributed by atoms with Crippen molar-refractivity contribution in [3.63, 3.8) is 0 Å². The molecule has 0 unspecified atom stereocenters. The van der Waals surface area contributed by atoms with Gasteiger partial charge in [-0.2, -0.15) is 0 Å². The summed E-state index contributed by atoms with van der Waals surface area (Å²) in [5.41, 5.74) is 0. The third-order valence-electron chi connectivity index (χ3n) is 0. The van der Waals surface area contributed by atoms with Crippen LogP contribution in [-0.2, 0) is 0 Å². The van der Waals surface area contributed by atoms with Crippen LogP contribution in [0.2, 0.25) is 0 Å². The van der Waals surface area contributed by atoms with Gasteiger partial charge in [0.15, 0.2) is 0 Å². The first-order chi connectivity index (χ1) is 0. The molecule has 0 fully saturated rings. The zero-order valence-corrected chi connectivity index (χ0v) is 15.7. The van der Waals surface area contributed by atoms with Crippen molar-refractivity contribution in [2.24, 2.45) is 0 Å². The monoisotopic (exact) mass is 658 g/mol. The maximum atomic E-state index is 0. The molecule has 0 bridgehead atoms. The molecule has 0 saturated carbocycles. The Kier molecular flexibility index (Phi) is 255. The number of rotatable bonds is 0. The number of hydrogen-bond donors (Lipinski definition) is 0. The molecule has 0 radical (unpaired) electrons. The SMILES string of the molecule is [I-].[I-].[I-].[I-].[I-].[Na+]. The number of hydrogen-bond acceptors (Lipinski definition) is 0. The molecule has 0 N–H and O–H groups in total. The van der Waals surface area contributed by atoms with Crippen LogP contribution in [-0.4, -0.2) is 0 Å². The molecule has 0 aliphatic heterocycles. The van der Waals surface area contributed by atoms with Crippen molar-refractivity contribution >= 4 is 0 Å². The van der Waals surface area contributed by atoms with Crippen molar-refractivity contribution in [1.29, 1.82) is 0 Å². The van der Waals surface area contributed by atoms with Crippen molar-refractivity contribution in [3.8, 4) is 0 Å². The molecular formula is I5Na-4. The zero-order valence-electron chi connectivity index (χ0n) is 2.89. The van der Waals surface area contributed by atoms with E-state index >= 15 is 0 Å². The molecule has 0 saturated heterocycles. The van der Waals surface area contributed by atoms with Crippen LogP contribution in [0.1, 0.15) is 0 Å². The van der Waals surface area contributed by atoms with Gasteiger partial charge in [0.2, 0.25) is 0 Å². The van der Waals surface area contributed by atoms with E-state index in [1.165, 1.54) is 0 Å². The van der Waals surface area contributed by atoms with Gasteiger partial charge in [0.1, 0.15) is 0 Å². The molecular weight excluding hydrogens is 658 g/mol. The second kappa shape index (κ2) is 33.4. The molecule has 0 heterocycles. The van der Waals surface area contributed by atoms with Crippen molar-refractivity contribution in [2.75, 3.05) is 0 Å². The predicted octanol–water partition coefficient (Wildman–Crippen LogP) is -18.0. The summed E-state index contributed by atoms with van der Waals surface area (Å²) in [5.74, 6) is 0. The Morgan fingerprint density at radius 1 is 0.333 bits per heavy atom. The Hall–Kier alpha value is 4.65. The molecule has 0 amide bonds. The zero-order chi connectivity index (χ0) is 0. The van der Waals surface area contributed by atoms with Crippen molar-refractivity contribution < 1.29 is 149 Å². The van der Waals surface area contributed by atoms with Crippen LogP contribution in [0, 0.1) is 0 Å². The van der Waals surface area contributed by atoms with E-state index in [0.29, 0.717) is 0 Å². The molecule has 0 rings (SSSR count). The fraction of sp³-hybridized carbons (Fsp3) is 0. The Morgan fingerprint density at radius 3 is 0.333 bits per heavy atom. The van der Waals surface area contributed by atoms with E-state index in [9.17, 15) is 0 Å². The first-order valence-corrected chi connectivity index (χ1v) is 0. The van der Waals surface area contributed by atoms with Gasteiger partial charge in [-0.25, -0.2) is 0 Å². The van der Waals surface area contributed by atoms with Crippen LogP contribution in [0.3, 0.4) is 0 Å². The average molecular weight is 658 g/mol. The van der Waals surface area contributed by atoms with Crippen LogP contribution < -0.4 is 149 Å². The smallest absolute Gasteiger partial charge is 1.00 e. The van der Waals surface area contributed by atoms with Crippen LogP contribution in [0.5, 0.6) is 0 Å². The summed E-state index contributed by atoms with van der Waals surface area (Å²) in [6, 6.07) is 0. The van der Waals surface area contributed by atoms with Crippen molar-refractivity contribution in [2.45, 2.75) is 0 Å². The molecule has 40 valence electrons. The van der Waals surface area contributed by atoms with Gasteiger partial charge in [-0.05, 0) is 0 Å². The Balaban J connectivity index is 0. The van der Waals surface area contributed by atoms with E-state index in [0.717, 1.165) is 0 Å². The van der Waals surface area contributed by atoms with Crippen LogP contribution in [0.25, 0.3) is 0 Å². The molecule has 0 aromatic carbocycles. The van der Waals surface area contributed by atoms with Crippen LogP contribution in [0.15, 0.2) is 0 Å². The van der Waals surface area contributed by atoms with Gasteiger partial charge in [0.25, 0.3) is 0 Å². The largest absolute Gasteiger partial charge is 1.00 e. The maximum absolute atomic E-state index is 0. The quantitative estimate of drug-likeness (QED) is 0.180. The van der Waals surface area contributed by atoms with Gasteiger partial charge in [0, 0.05) is 0 Å². The minimum Gasteiger partial charge on any atom is -1.00 e. The average Bonchev–Trinajstić information content (AvgIpc) is 0. The van der Waals surface area contributed by atoms with Crippen LogP contribution >= 0.6 is 0 Å². The Bertz CT molecular complexity index is 3.90. The molecule has 6 heteroatoms. The molecule has 0 aromatic heterocycles. The van der Waals surface area contributed by atoms with Gasteiger partial charge in [-0.1, -0.05) is 0 Å². The second-order valence-corrected chi connectivity index (χ2v) is 0. The van der Waals surface area contributed by atoms with Crippen LogP contribution in [0.4, 0.5) is 0 Å². The van der Waals surface area contributed by atoms with Crippen molar-refractivity contribution in [1.82, 2.24) is 0 Å².